The predicted octanol–water partition coefficient (Wildman–Crippen LogP) is 2.66. The lowest BCUT2D eigenvalue weighted by molar-refractivity contribution is 0.101. The van der Waals surface area contributed by atoms with Gasteiger partial charge in [-0.05, 0) is 44.4 Å². The van der Waals surface area contributed by atoms with Crippen molar-refractivity contribution in [1.29, 1.82) is 0 Å². The Morgan fingerprint density at radius 3 is 2.74 bits per heavy atom. The van der Waals surface area contributed by atoms with Crippen LogP contribution in [-0.2, 0) is 0 Å². The maximum Gasteiger partial charge on any atom is 0.315 e. The lowest BCUT2D eigenvalue weighted by Gasteiger charge is -2.26. The first kappa shape index (κ1) is 16.3. The van der Waals surface area contributed by atoms with Crippen molar-refractivity contribution in [1.82, 2.24) is 10.6 Å². The van der Waals surface area contributed by atoms with Crippen molar-refractivity contribution >= 4 is 6.03 Å². The molecular weight excluding hydrogens is 240 g/mol. The van der Waals surface area contributed by atoms with Crippen LogP contribution in [0.1, 0.15) is 59.3 Å². The van der Waals surface area contributed by atoms with E-state index in [2.05, 4.69) is 31.4 Å². The third-order valence-corrected chi connectivity index (χ3v) is 4.14. The van der Waals surface area contributed by atoms with Crippen LogP contribution in [0.2, 0.25) is 0 Å². The number of urea groups is 1. The molecule has 0 radical (unpaired) electrons. The summed E-state index contributed by atoms with van der Waals surface area (Å²) in [5.41, 5.74) is 0. The van der Waals surface area contributed by atoms with E-state index in [0.29, 0.717) is 18.4 Å². The van der Waals surface area contributed by atoms with Gasteiger partial charge in [0, 0.05) is 12.6 Å². The van der Waals surface area contributed by atoms with E-state index in [1.807, 2.05) is 0 Å². The van der Waals surface area contributed by atoms with Gasteiger partial charge in [-0.1, -0.05) is 26.7 Å². The fourth-order valence-electron chi connectivity index (χ4n) is 2.79. The van der Waals surface area contributed by atoms with Gasteiger partial charge in [-0.2, -0.15) is 0 Å². The number of amides is 2. The number of hydrogen-bond donors (Lipinski definition) is 3. The Labute approximate surface area is 117 Å². The zero-order valence-corrected chi connectivity index (χ0v) is 12.6. The predicted molar refractivity (Wildman–Crippen MR) is 78.0 cm³/mol. The van der Waals surface area contributed by atoms with Gasteiger partial charge in [-0.3, -0.25) is 0 Å². The standard InChI is InChI=1S/C15H30N2O2/c1-4-11(2)8-12(3)17-15(19)16-10-13-6-5-7-14(18)9-13/h11-14,18H,4-10H2,1-3H3,(H2,16,17,19). The third-order valence-electron chi connectivity index (χ3n) is 4.14. The number of rotatable bonds is 6. The Hall–Kier alpha value is -0.770. The lowest BCUT2D eigenvalue weighted by atomic mass is 9.87. The molecule has 0 aromatic rings. The Kier molecular flexibility index (Phi) is 7.21. The molecule has 4 atom stereocenters. The summed E-state index contributed by atoms with van der Waals surface area (Å²) in [4.78, 5) is 11.8. The molecule has 1 aliphatic rings. The first-order valence-corrected chi connectivity index (χ1v) is 7.73. The highest BCUT2D eigenvalue weighted by atomic mass is 16.3. The van der Waals surface area contributed by atoms with Gasteiger partial charge in [0.05, 0.1) is 6.10 Å². The first-order valence-electron chi connectivity index (χ1n) is 7.73. The summed E-state index contributed by atoms with van der Waals surface area (Å²) >= 11 is 0. The topological polar surface area (TPSA) is 61.4 Å². The summed E-state index contributed by atoms with van der Waals surface area (Å²) in [6.07, 6.45) is 5.91. The molecule has 0 spiro atoms. The van der Waals surface area contributed by atoms with Gasteiger partial charge in [-0.25, -0.2) is 4.79 Å². The molecule has 0 aliphatic heterocycles. The van der Waals surface area contributed by atoms with Crippen LogP contribution in [-0.4, -0.2) is 29.8 Å². The monoisotopic (exact) mass is 270 g/mol. The fraction of sp³-hybridized carbons (Fsp3) is 0.933. The highest BCUT2D eigenvalue weighted by Crippen LogP contribution is 2.23. The number of carbonyl (C=O) groups excluding carboxylic acids is 1. The minimum atomic E-state index is -0.173. The number of aliphatic hydroxyl groups excluding tert-OH is 1. The van der Waals surface area contributed by atoms with Crippen molar-refractivity contribution in [3.05, 3.63) is 0 Å². The molecule has 1 rings (SSSR count). The summed E-state index contributed by atoms with van der Waals surface area (Å²) in [5, 5.41) is 15.5. The molecule has 0 bridgehead atoms. The molecule has 1 fully saturated rings. The van der Waals surface area contributed by atoms with Gasteiger partial charge in [0.25, 0.3) is 0 Å². The molecule has 4 heteroatoms. The lowest BCUT2D eigenvalue weighted by Crippen LogP contribution is -2.43. The van der Waals surface area contributed by atoms with Crippen LogP contribution in [0.3, 0.4) is 0 Å². The summed E-state index contributed by atoms with van der Waals surface area (Å²) in [6, 6.07) is 0.141. The van der Waals surface area contributed by atoms with Crippen molar-refractivity contribution < 1.29 is 9.90 Å². The van der Waals surface area contributed by atoms with Gasteiger partial charge in [0.2, 0.25) is 0 Å². The Bertz CT molecular complexity index is 271. The second-order valence-electron chi connectivity index (χ2n) is 6.19. The number of aliphatic hydroxyl groups is 1. The molecular formula is C15H30N2O2. The molecule has 0 saturated heterocycles. The van der Waals surface area contributed by atoms with Gasteiger partial charge < -0.3 is 15.7 Å². The summed E-state index contributed by atoms with van der Waals surface area (Å²) in [7, 11) is 0. The second-order valence-corrected chi connectivity index (χ2v) is 6.19. The van der Waals surface area contributed by atoms with Crippen LogP contribution in [0, 0.1) is 11.8 Å². The van der Waals surface area contributed by atoms with E-state index in [9.17, 15) is 9.90 Å². The summed E-state index contributed by atoms with van der Waals surface area (Å²) in [6.45, 7) is 7.11. The van der Waals surface area contributed by atoms with E-state index < -0.39 is 0 Å². The minimum Gasteiger partial charge on any atom is -0.393 e. The largest absolute Gasteiger partial charge is 0.393 e. The van der Waals surface area contributed by atoms with E-state index in [1.165, 1.54) is 0 Å². The molecule has 4 nitrogen and oxygen atoms in total. The molecule has 0 aromatic heterocycles. The number of nitrogens with one attached hydrogen (secondary N) is 2. The van der Waals surface area contributed by atoms with Gasteiger partial charge in [-0.15, -0.1) is 0 Å². The van der Waals surface area contributed by atoms with Crippen molar-refractivity contribution in [2.75, 3.05) is 6.54 Å². The van der Waals surface area contributed by atoms with Crippen LogP contribution in [0.4, 0.5) is 4.79 Å². The van der Waals surface area contributed by atoms with Crippen molar-refractivity contribution in [3.8, 4) is 0 Å². The first-order chi connectivity index (χ1) is 9.01. The normalized spacial score (nSPS) is 26.5. The second kappa shape index (κ2) is 8.41. The maximum atomic E-state index is 11.8. The number of carbonyl (C=O) groups is 1. The van der Waals surface area contributed by atoms with Crippen LogP contribution in [0.25, 0.3) is 0 Å². The average molecular weight is 270 g/mol. The van der Waals surface area contributed by atoms with Crippen molar-refractivity contribution in [3.63, 3.8) is 0 Å². The molecule has 3 N–H and O–H groups in total. The highest BCUT2D eigenvalue weighted by molar-refractivity contribution is 5.74. The number of hydrogen-bond acceptors (Lipinski definition) is 2. The summed E-state index contributed by atoms with van der Waals surface area (Å²) < 4.78 is 0. The molecule has 0 heterocycles. The van der Waals surface area contributed by atoms with Crippen molar-refractivity contribution in [2.45, 2.75) is 71.4 Å². The summed E-state index contributed by atoms with van der Waals surface area (Å²) in [5.74, 6) is 1.07. The maximum absolute atomic E-state index is 11.8. The quantitative estimate of drug-likeness (QED) is 0.695. The Morgan fingerprint density at radius 2 is 2.11 bits per heavy atom. The van der Waals surface area contributed by atoms with E-state index in [0.717, 1.165) is 38.5 Å². The molecule has 112 valence electrons. The Morgan fingerprint density at radius 1 is 1.37 bits per heavy atom. The Balaban J connectivity index is 2.16. The van der Waals surface area contributed by atoms with Crippen LogP contribution in [0.15, 0.2) is 0 Å². The highest BCUT2D eigenvalue weighted by Gasteiger charge is 2.20. The van der Waals surface area contributed by atoms with E-state index in [4.69, 9.17) is 0 Å². The van der Waals surface area contributed by atoms with Crippen LogP contribution < -0.4 is 10.6 Å². The average Bonchev–Trinajstić information content (AvgIpc) is 2.36. The smallest absolute Gasteiger partial charge is 0.315 e. The van der Waals surface area contributed by atoms with E-state index in [-0.39, 0.29) is 18.2 Å². The van der Waals surface area contributed by atoms with Crippen LogP contribution >= 0.6 is 0 Å². The minimum absolute atomic E-state index is 0.0733. The SMILES string of the molecule is CCC(C)CC(C)NC(=O)NCC1CCCC(O)C1. The zero-order valence-electron chi connectivity index (χ0n) is 12.6. The van der Waals surface area contributed by atoms with Crippen LogP contribution in [0.5, 0.6) is 0 Å². The zero-order chi connectivity index (χ0) is 14.3. The third kappa shape index (κ3) is 6.81. The van der Waals surface area contributed by atoms with E-state index >= 15 is 0 Å². The molecule has 2 amide bonds. The molecule has 4 unspecified atom stereocenters. The van der Waals surface area contributed by atoms with Crippen molar-refractivity contribution in [2.24, 2.45) is 11.8 Å². The molecule has 19 heavy (non-hydrogen) atoms. The van der Waals surface area contributed by atoms with Gasteiger partial charge in [0.15, 0.2) is 0 Å². The van der Waals surface area contributed by atoms with E-state index in [1.54, 1.807) is 0 Å². The molecule has 1 saturated carbocycles. The van der Waals surface area contributed by atoms with Gasteiger partial charge in [0.1, 0.15) is 0 Å². The molecule has 0 aromatic carbocycles. The molecule has 1 aliphatic carbocycles. The fourth-order valence-corrected chi connectivity index (χ4v) is 2.79. The van der Waals surface area contributed by atoms with Gasteiger partial charge >= 0.3 is 6.03 Å².